The second-order valence-electron chi connectivity index (χ2n) is 18.8. The number of rotatable bonds is 12. The Balaban J connectivity index is 0.000000151. The van der Waals surface area contributed by atoms with Crippen molar-refractivity contribution in [1.82, 2.24) is 29.9 Å². The Morgan fingerprint density at radius 3 is 0.838 bits per heavy atom. The van der Waals surface area contributed by atoms with Crippen LogP contribution in [0.2, 0.25) is 0 Å². The summed E-state index contributed by atoms with van der Waals surface area (Å²) in [6.45, 7) is 0. The van der Waals surface area contributed by atoms with Crippen molar-refractivity contribution >= 4 is 77.2 Å². The largest absolute Gasteiger partial charge is 0.311 e. The van der Waals surface area contributed by atoms with Crippen LogP contribution in [0.15, 0.2) is 292 Å². The summed E-state index contributed by atoms with van der Waals surface area (Å²) in [5.41, 5.74) is 19.3. The average Bonchev–Trinajstić information content (AvgIpc) is 4.26. The van der Waals surface area contributed by atoms with Gasteiger partial charge in [-0.15, -0.1) is 22.7 Å². The topological polar surface area (TPSA) is 83.8 Å². The third-order valence-corrected chi connectivity index (χ3v) is 16.0. The molecular formula is C70H48N8S2. The van der Waals surface area contributed by atoms with Gasteiger partial charge in [-0.1, -0.05) is 121 Å². The highest BCUT2D eigenvalue weighted by Gasteiger charge is 2.20. The summed E-state index contributed by atoms with van der Waals surface area (Å²) in [6, 6.07) is 84.0. The first-order chi connectivity index (χ1) is 39.7. The number of hydrogen-bond acceptors (Lipinski definition) is 10. The van der Waals surface area contributed by atoms with Crippen molar-refractivity contribution in [2.24, 2.45) is 0 Å². The van der Waals surface area contributed by atoms with Crippen LogP contribution in [0, 0.1) is 0 Å². The fourth-order valence-corrected chi connectivity index (χ4v) is 12.1. The van der Waals surface area contributed by atoms with Gasteiger partial charge in [0.15, 0.2) is 0 Å². The van der Waals surface area contributed by atoms with Crippen LogP contribution in [0.3, 0.4) is 0 Å². The molecule has 0 saturated carbocycles. The molecule has 10 heteroatoms. The van der Waals surface area contributed by atoms with Crippen molar-refractivity contribution in [3.05, 3.63) is 292 Å². The maximum atomic E-state index is 4.92. The SMILES string of the molecule is c1ccc(N(c2ccccc2)c2ccc(-c3ccncc3-c3cnccc3-c3nc4ccccc4s3)cc2)cc1.c1ccc(N(c2ccccc2)c2ccc(-c3ccncc3-c3cnccc3-c3nc4ccccc4s3)cc2)cc1. The number of anilines is 6. The molecular weight excluding hydrogens is 1020 g/mol. The van der Waals surface area contributed by atoms with Crippen LogP contribution < -0.4 is 9.80 Å². The molecule has 80 heavy (non-hydrogen) atoms. The van der Waals surface area contributed by atoms with E-state index < -0.39 is 0 Å². The molecule has 0 aliphatic heterocycles. The van der Waals surface area contributed by atoms with E-state index in [-0.39, 0.29) is 0 Å². The van der Waals surface area contributed by atoms with Crippen LogP contribution in [0.5, 0.6) is 0 Å². The highest BCUT2D eigenvalue weighted by Crippen LogP contribution is 2.44. The van der Waals surface area contributed by atoms with Crippen LogP contribution in [0.25, 0.3) is 86.1 Å². The third kappa shape index (κ3) is 10.2. The molecule has 0 aliphatic rings. The fraction of sp³-hybridized carbons (Fsp3) is 0. The summed E-state index contributed by atoms with van der Waals surface area (Å²) in [6.07, 6.45) is 15.1. The number of pyridine rings is 4. The van der Waals surface area contributed by atoms with E-state index in [2.05, 4.69) is 224 Å². The summed E-state index contributed by atoms with van der Waals surface area (Å²) in [5, 5.41) is 1.95. The van der Waals surface area contributed by atoms with Crippen molar-refractivity contribution in [2.75, 3.05) is 9.80 Å². The first kappa shape index (κ1) is 49.3. The Hall–Kier alpha value is -10.3. The summed E-state index contributed by atoms with van der Waals surface area (Å²) < 4.78 is 2.34. The summed E-state index contributed by atoms with van der Waals surface area (Å²) in [5.74, 6) is 0. The quantitative estimate of drug-likeness (QED) is 0.120. The van der Waals surface area contributed by atoms with E-state index in [4.69, 9.17) is 9.97 Å². The van der Waals surface area contributed by atoms with E-state index in [0.717, 1.165) is 111 Å². The zero-order valence-electron chi connectivity index (χ0n) is 43.1. The highest BCUT2D eigenvalue weighted by atomic mass is 32.1. The van der Waals surface area contributed by atoms with Gasteiger partial charge in [0.1, 0.15) is 10.0 Å². The molecule has 380 valence electrons. The lowest BCUT2D eigenvalue weighted by molar-refractivity contribution is 1.28. The molecule has 8 nitrogen and oxygen atoms in total. The Labute approximate surface area is 472 Å². The zero-order valence-corrected chi connectivity index (χ0v) is 44.7. The second kappa shape index (κ2) is 22.8. The van der Waals surface area contributed by atoms with Crippen molar-refractivity contribution < 1.29 is 0 Å². The number of para-hydroxylation sites is 6. The van der Waals surface area contributed by atoms with E-state index >= 15 is 0 Å². The summed E-state index contributed by atoms with van der Waals surface area (Å²) >= 11 is 3.39. The van der Waals surface area contributed by atoms with Gasteiger partial charge < -0.3 is 9.80 Å². The molecule has 0 amide bonds. The monoisotopic (exact) mass is 1060 g/mol. The predicted molar refractivity (Wildman–Crippen MR) is 332 cm³/mol. The summed E-state index contributed by atoms with van der Waals surface area (Å²) in [4.78, 5) is 32.3. The molecule has 14 rings (SSSR count). The molecule has 0 N–H and O–H groups in total. The standard InChI is InChI=1S/2C35H24N4S/c2*1-3-9-26(10-4-1)39(27-11-5-2-6-12-27)28-17-15-25(16-18-28)29-19-21-36-23-31(29)32-24-37-22-20-30(32)35-38-33-13-7-8-14-34(33)40-35/h2*1-24H. The molecule has 0 radical (unpaired) electrons. The molecule has 0 spiro atoms. The molecule has 0 fully saturated rings. The maximum absolute atomic E-state index is 4.92. The number of benzene rings is 8. The number of hydrogen-bond donors (Lipinski definition) is 0. The molecule has 6 aromatic heterocycles. The van der Waals surface area contributed by atoms with Gasteiger partial charge in [-0.2, -0.15) is 0 Å². The number of fused-ring (bicyclic) bond motifs is 2. The Morgan fingerprint density at radius 1 is 0.237 bits per heavy atom. The fourth-order valence-electron chi connectivity index (χ4n) is 10.1. The molecule has 6 heterocycles. The van der Waals surface area contributed by atoms with Crippen molar-refractivity contribution in [2.45, 2.75) is 0 Å². The molecule has 0 aliphatic carbocycles. The van der Waals surface area contributed by atoms with Gasteiger partial charge in [-0.25, -0.2) is 9.97 Å². The lowest BCUT2D eigenvalue weighted by Crippen LogP contribution is -2.09. The van der Waals surface area contributed by atoms with E-state index in [1.54, 1.807) is 22.7 Å². The average molecular weight is 1070 g/mol. The van der Waals surface area contributed by atoms with Gasteiger partial charge in [0, 0.05) is 117 Å². The van der Waals surface area contributed by atoms with Crippen LogP contribution >= 0.6 is 22.7 Å². The minimum atomic E-state index is 0.977. The first-order valence-corrected chi connectivity index (χ1v) is 27.8. The van der Waals surface area contributed by atoms with Crippen molar-refractivity contribution in [1.29, 1.82) is 0 Å². The zero-order chi connectivity index (χ0) is 53.5. The molecule has 0 atom stereocenters. The van der Waals surface area contributed by atoms with Gasteiger partial charge in [-0.3, -0.25) is 19.9 Å². The highest BCUT2D eigenvalue weighted by molar-refractivity contribution is 7.22. The van der Waals surface area contributed by atoms with E-state index in [1.165, 1.54) is 9.40 Å². The summed E-state index contributed by atoms with van der Waals surface area (Å²) in [7, 11) is 0. The smallest absolute Gasteiger partial charge is 0.125 e. The minimum absolute atomic E-state index is 0.977. The maximum Gasteiger partial charge on any atom is 0.125 e. The molecule has 0 unspecified atom stereocenters. The van der Waals surface area contributed by atoms with E-state index in [0.29, 0.717) is 0 Å². The lowest BCUT2D eigenvalue weighted by Gasteiger charge is -2.25. The van der Waals surface area contributed by atoms with Crippen LogP contribution in [-0.2, 0) is 0 Å². The van der Waals surface area contributed by atoms with Crippen molar-refractivity contribution in [3.8, 4) is 65.6 Å². The molecule has 0 bridgehead atoms. The molecule has 8 aromatic carbocycles. The Kier molecular flexibility index (Phi) is 14.0. The van der Waals surface area contributed by atoms with Gasteiger partial charge in [-0.05, 0) is 144 Å². The number of aromatic nitrogens is 6. The van der Waals surface area contributed by atoms with Gasteiger partial charge in [0.05, 0.1) is 20.4 Å². The lowest BCUT2D eigenvalue weighted by atomic mass is 9.94. The molecule has 14 aromatic rings. The van der Waals surface area contributed by atoms with Gasteiger partial charge in [0.25, 0.3) is 0 Å². The van der Waals surface area contributed by atoms with Gasteiger partial charge >= 0.3 is 0 Å². The second-order valence-corrected chi connectivity index (χ2v) is 20.8. The first-order valence-electron chi connectivity index (χ1n) is 26.2. The minimum Gasteiger partial charge on any atom is -0.311 e. The normalized spacial score (nSPS) is 11.0. The Bertz CT molecular complexity index is 3930. The number of thiazole rings is 2. The molecule has 0 saturated heterocycles. The third-order valence-electron chi connectivity index (χ3n) is 13.8. The van der Waals surface area contributed by atoms with E-state index in [9.17, 15) is 0 Å². The van der Waals surface area contributed by atoms with E-state index in [1.807, 2.05) is 98.1 Å². The van der Waals surface area contributed by atoms with Crippen LogP contribution in [0.1, 0.15) is 0 Å². The predicted octanol–water partition coefficient (Wildman–Crippen LogP) is 19.1. The van der Waals surface area contributed by atoms with Gasteiger partial charge in [0.2, 0.25) is 0 Å². The van der Waals surface area contributed by atoms with Crippen LogP contribution in [-0.4, -0.2) is 29.9 Å². The number of nitrogens with zero attached hydrogens (tertiary/aromatic N) is 8. The van der Waals surface area contributed by atoms with Crippen molar-refractivity contribution in [3.63, 3.8) is 0 Å². The van der Waals surface area contributed by atoms with Crippen LogP contribution in [0.4, 0.5) is 34.1 Å². The Morgan fingerprint density at radius 2 is 0.512 bits per heavy atom.